The number of Topliss-reactive ketones (excluding diaryl/α,β-unsaturated/α-hetero) is 1. The molecule has 0 aliphatic carbocycles. The number of carboxylic acid groups (broad SMARTS) is 1. The summed E-state index contributed by atoms with van der Waals surface area (Å²) in [7, 11) is 0. The molecule has 0 saturated heterocycles. The summed E-state index contributed by atoms with van der Waals surface area (Å²) >= 11 is 7.70. The Bertz CT molecular complexity index is 1010. The lowest BCUT2D eigenvalue weighted by Gasteiger charge is -2.22. The van der Waals surface area contributed by atoms with E-state index in [0.29, 0.717) is 10.3 Å². The molecule has 140 valence electrons. The monoisotopic (exact) mass is 402 g/mol. The summed E-state index contributed by atoms with van der Waals surface area (Å²) in [6, 6.07) is 13.9. The molecule has 0 spiro atoms. The van der Waals surface area contributed by atoms with Gasteiger partial charge in [0.1, 0.15) is 10.9 Å². The predicted molar refractivity (Wildman–Crippen MR) is 108 cm³/mol. The van der Waals surface area contributed by atoms with Crippen LogP contribution in [0.15, 0.2) is 53.8 Å². The molecule has 27 heavy (non-hydrogen) atoms. The molecule has 5 nitrogen and oxygen atoms in total. The van der Waals surface area contributed by atoms with Crippen LogP contribution in [0.25, 0.3) is 16.5 Å². The first-order valence-corrected chi connectivity index (χ1v) is 9.64. The van der Waals surface area contributed by atoms with Crippen molar-refractivity contribution in [1.82, 2.24) is 9.55 Å². The average Bonchev–Trinajstić information content (AvgIpc) is 2.98. The van der Waals surface area contributed by atoms with Gasteiger partial charge in [0.15, 0.2) is 5.16 Å². The number of imidazole rings is 1. The fraction of sp³-hybridized carbons (Fsp3) is 0.250. The Morgan fingerprint density at radius 3 is 2.59 bits per heavy atom. The molecule has 3 aromatic rings. The van der Waals surface area contributed by atoms with E-state index in [1.54, 1.807) is 20.0 Å². The topological polar surface area (TPSA) is 72.2 Å². The number of nitrogens with zero attached hydrogens (tertiary/aromatic N) is 2. The van der Waals surface area contributed by atoms with Crippen molar-refractivity contribution in [3.05, 3.63) is 53.8 Å². The van der Waals surface area contributed by atoms with Crippen LogP contribution in [-0.2, 0) is 9.59 Å². The van der Waals surface area contributed by atoms with Crippen molar-refractivity contribution in [2.24, 2.45) is 0 Å². The van der Waals surface area contributed by atoms with Gasteiger partial charge in [-0.15, -0.1) is 0 Å². The molecule has 1 aromatic heterocycles. The van der Waals surface area contributed by atoms with E-state index in [1.807, 2.05) is 47.0 Å². The normalized spacial score (nSPS) is 11.7. The van der Waals surface area contributed by atoms with Crippen LogP contribution < -0.4 is 0 Å². The summed E-state index contributed by atoms with van der Waals surface area (Å²) in [5.74, 6) is -1.12. The first-order valence-electron chi connectivity index (χ1n) is 8.45. The summed E-state index contributed by atoms with van der Waals surface area (Å²) in [5.41, 5.74) is 0.881. The summed E-state index contributed by atoms with van der Waals surface area (Å²) in [4.78, 5) is 27.6. The molecule has 0 unspecified atom stereocenters. The van der Waals surface area contributed by atoms with Crippen LogP contribution >= 0.6 is 23.4 Å². The summed E-state index contributed by atoms with van der Waals surface area (Å²) in [6.45, 7) is 3.55. The molecule has 1 N–H and O–H groups in total. The third-order valence-electron chi connectivity index (χ3n) is 4.28. The number of fused-ring (bicyclic) bond motifs is 1. The molecular weight excluding hydrogens is 384 g/mol. The van der Waals surface area contributed by atoms with Crippen molar-refractivity contribution < 1.29 is 14.7 Å². The van der Waals surface area contributed by atoms with E-state index < -0.39 is 10.7 Å². The second-order valence-electron chi connectivity index (χ2n) is 6.63. The second kappa shape index (κ2) is 7.74. The van der Waals surface area contributed by atoms with Crippen LogP contribution in [0.1, 0.15) is 26.7 Å². The quantitative estimate of drug-likeness (QED) is 0.564. The number of benzene rings is 2. The maximum atomic E-state index is 12.5. The lowest BCUT2D eigenvalue weighted by molar-refractivity contribution is -0.138. The highest BCUT2D eigenvalue weighted by molar-refractivity contribution is 8.01. The number of aliphatic carboxylic acids is 1. The molecule has 3 rings (SSSR count). The van der Waals surface area contributed by atoms with Crippen molar-refractivity contribution in [1.29, 1.82) is 0 Å². The Labute approximate surface area is 166 Å². The van der Waals surface area contributed by atoms with Gasteiger partial charge in [-0.1, -0.05) is 59.8 Å². The minimum Gasteiger partial charge on any atom is -0.481 e. The van der Waals surface area contributed by atoms with E-state index >= 15 is 0 Å². The largest absolute Gasteiger partial charge is 0.481 e. The number of thioether (sulfide) groups is 1. The van der Waals surface area contributed by atoms with Crippen LogP contribution in [0.5, 0.6) is 0 Å². The number of rotatable bonds is 7. The summed E-state index contributed by atoms with van der Waals surface area (Å²) < 4.78 is 0.993. The van der Waals surface area contributed by atoms with Gasteiger partial charge in [-0.3, -0.25) is 14.2 Å². The van der Waals surface area contributed by atoms with Gasteiger partial charge in [0.25, 0.3) is 0 Å². The number of hydrogen-bond donors (Lipinski definition) is 1. The second-order valence-corrected chi connectivity index (χ2v) is 8.60. The van der Waals surface area contributed by atoms with E-state index in [4.69, 9.17) is 16.7 Å². The first-order chi connectivity index (χ1) is 12.8. The fourth-order valence-electron chi connectivity index (χ4n) is 2.82. The third kappa shape index (κ3) is 4.17. The van der Waals surface area contributed by atoms with Gasteiger partial charge in [-0.25, -0.2) is 4.98 Å². The molecule has 0 saturated carbocycles. The van der Waals surface area contributed by atoms with Crippen molar-refractivity contribution in [3.63, 3.8) is 0 Å². The van der Waals surface area contributed by atoms with Crippen molar-refractivity contribution >= 4 is 45.9 Å². The van der Waals surface area contributed by atoms with Crippen LogP contribution in [0, 0.1) is 0 Å². The Hall–Kier alpha value is -2.31. The Balaban J connectivity index is 1.98. The van der Waals surface area contributed by atoms with E-state index in [2.05, 4.69) is 4.98 Å². The van der Waals surface area contributed by atoms with Gasteiger partial charge in [-0.05, 0) is 25.3 Å². The number of carbonyl (C=O) groups excluding carboxylic acids is 1. The molecular formula is C20H19ClN2O3S. The Morgan fingerprint density at radius 2 is 1.85 bits per heavy atom. The SMILES string of the molecule is CC(C)(Sc1ncc(Cl)n1-c1cccc2ccccc12)C(=O)CCC(=O)O. The number of carboxylic acids is 1. The van der Waals surface area contributed by atoms with Gasteiger partial charge in [0, 0.05) is 11.8 Å². The van der Waals surface area contributed by atoms with Crippen LogP contribution in [0.3, 0.4) is 0 Å². The Kier molecular flexibility index (Phi) is 5.58. The zero-order valence-electron chi connectivity index (χ0n) is 15.0. The van der Waals surface area contributed by atoms with Gasteiger partial charge in [0.05, 0.1) is 23.1 Å². The maximum Gasteiger partial charge on any atom is 0.303 e. The number of halogens is 1. The minimum atomic E-state index is -0.982. The van der Waals surface area contributed by atoms with Crippen molar-refractivity contribution in [2.45, 2.75) is 36.6 Å². The van der Waals surface area contributed by atoms with Crippen molar-refractivity contribution in [2.75, 3.05) is 0 Å². The zero-order chi connectivity index (χ0) is 19.6. The van der Waals surface area contributed by atoms with Crippen LogP contribution in [0.2, 0.25) is 5.15 Å². The molecule has 0 fully saturated rings. The van der Waals surface area contributed by atoms with E-state index in [-0.39, 0.29) is 18.6 Å². The van der Waals surface area contributed by atoms with Gasteiger partial charge in [0.2, 0.25) is 0 Å². The average molecular weight is 403 g/mol. The van der Waals surface area contributed by atoms with Crippen molar-refractivity contribution in [3.8, 4) is 5.69 Å². The third-order valence-corrected chi connectivity index (χ3v) is 5.75. The highest BCUT2D eigenvalue weighted by atomic mass is 35.5. The van der Waals surface area contributed by atoms with E-state index in [9.17, 15) is 9.59 Å². The molecule has 0 aliphatic heterocycles. The molecule has 0 bridgehead atoms. The summed E-state index contributed by atoms with van der Waals surface area (Å²) in [6.07, 6.45) is 1.36. The van der Waals surface area contributed by atoms with E-state index in [1.165, 1.54) is 11.8 Å². The smallest absolute Gasteiger partial charge is 0.303 e. The molecule has 7 heteroatoms. The lowest BCUT2D eigenvalue weighted by atomic mass is 10.0. The number of aromatic nitrogens is 2. The van der Waals surface area contributed by atoms with Crippen LogP contribution in [-0.4, -0.2) is 31.2 Å². The highest BCUT2D eigenvalue weighted by Crippen LogP contribution is 2.37. The number of carbonyl (C=O) groups is 2. The predicted octanol–water partition coefficient (Wildman–Crippen LogP) is 4.98. The van der Waals surface area contributed by atoms with Gasteiger partial charge < -0.3 is 5.11 Å². The molecule has 0 aliphatic rings. The van der Waals surface area contributed by atoms with E-state index in [0.717, 1.165) is 16.5 Å². The molecule has 1 heterocycles. The summed E-state index contributed by atoms with van der Waals surface area (Å²) in [5, 5.41) is 12.0. The van der Waals surface area contributed by atoms with Gasteiger partial charge in [-0.2, -0.15) is 0 Å². The number of ketones is 1. The maximum absolute atomic E-state index is 12.5. The molecule has 2 aromatic carbocycles. The molecule has 0 radical (unpaired) electrons. The molecule has 0 amide bonds. The lowest BCUT2D eigenvalue weighted by Crippen LogP contribution is -2.28. The van der Waals surface area contributed by atoms with Crippen LogP contribution in [0.4, 0.5) is 0 Å². The zero-order valence-corrected chi connectivity index (χ0v) is 16.5. The first kappa shape index (κ1) is 19.5. The Morgan fingerprint density at radius 1 is 1.15 bits per heavy atom. The van der Waals surface area contributed by atoms with Gasteiger partial charge >= 0.3 is 5.97 Å². The fourth-order valence-corrected chi connectivity index (χ4v) is 4.15. The molecule has 0 atom stereocenters. The highest BCUT2D eigenvalue weighted by Gasteiger charge is 2.31. The standard InChI is InChI=1S/C20H19ClN2O3S/c1-20(2,16(24)10-11-18(25)26)27-19-22-12-17(21)23(19)15-9-5-7-13-6-3-4-8-14(13)15/h3-9,12H,10-11H2,1-2H3,(H,25,26). The minimum absolute atomic E-state index is 0.0158. The number of hydrogen-bond acceptors (Lipinski definition) is 4.